The number of aromatic nitrogens is 4. The predicted octanol–water partition coefficient (Wildman–Crippen LogP) is 2.07. The number of rotatable bonds is 3. The van der Waals surface area contributed by atoms with Gasteiger partial charge in [-0.2, -0.15) is 4.98 Å². The molecule has 23 heavy (non-hydrogen) atoms. The first-order chi connectivity index (χ1) is 11.2. The predicted molar refractivity (Wildman–Crippen MR) is 80.9 cm³/mol. The molecule has 2 aromatic heterocycles. The molecule has 1 saturated carbocycles. The van der Waals surface area contributed by atoms with Crippen LogP contribution in [0.3, 0.4) is 0 Å². The van der Waals surface area contributed by atoms with Gasteiger partial charge in [0, 0.05) is 38.0 Å². The Morgan fingerprint density at radius 1 is 1.22 bits per heavy atom. The monoisotopic (exact) mass is 313 g/mol. The van der Waals surface area contributed by atoms with Crippen molar-refractivity contribution >= 4 is 5.91 Å². The fourth-order valence-corrected chi connectivity index (χ4v) is 3.05. The fraction of sp³-hybridized carbons (Fsp3) is 0.562. The highest BCUT2D eigenvalue weighted by Crippen LogP contribution is 2.37. The Labute approximate surface area is 134 Å². The average molecular weight is 313 g/mol. The number of carbonyl (C=O) groups excluding carboxylic acids is 1. The molecule has 1 atom stereocenters. The van der Waals surface area contributed by atoms with Crippen LogP contribution in [0.4, 0.5) is 0 Å². The fourth-order valence-electron chi connectivity index (χ4n) is 3.05. The number of hydrogen-bond donors (Lipinski definition) is 0. The van der Waals surface area contributed by atoms with Gasteiger partial charge in [-0.05, 0) is 31.7 Å². The summed E-state index contributed by atoms with van der Waals surface area (Å²) >= 11 is 0. The van der Waals surface area contributed by atoms with Gasteiger partial charge in [0.05, 0.1) is 0 Å². The molecule has 1 aliphatic heterocycles. The Morgan fingerprint density at radius 3 is 2.83 bits per heavy atom. The molecule has 0 unspecified atom stereocenters. The van der Waals surface area contributed by atoms with E-state index in [1.54, 1.807) is 19.2 Å². The molecule has 1 amide bonds. The van der Waals surface area contributed by atoms with Crippen molar-refractivity contribution in [2.24, 2.45) is 0 Å². The summed E-state index contributed by atoms with van der Waals surface area (Å²) in [6.45, 7) is 3.14. The quantitative estimate of drug-likeness (QED) is 0.862. The Kier molecular flexibility index (Phi) is 3.55. The van der Waals surface area contributed by atoms with E-state index in [0.29, 0.717) is 29.9 Å². The number of hydrogen-bond acceptors (Lipinski definition) is 6. The van der Waals surface area contributed by atoms with E-state index in [2.05, 4.69) is 20.1 Å². The second-order valence-electron chi connectivity index (χ2n) is 6.34. The van der Waals surface area contributed by atoms with Crippen LogP contribution in [0, 0.1) is 6.92 Å². The number of piperidine rings is 1. The largest absolute Gasteiger partial charge is 0.340 e. The highest BCUT2D eigenvalue weighted by molar-refractivity contribution is 5.92. The zero-order chi connectivity index (χ0) is 15.8. The van der Waals surface area contributed by atoms with Crippen LogP contribution >= 0.6 is 0 Å². The molecule has 1 aliphatic carbocycles. The van der Waals surface area contributed by atoms with Gasteiger partial charge in [-0.1, -0.05) is 5.16 Å². The topological polar surface area (TPSA) is 85.0 Å². The normalized spacial score (nSPS) is 21.4. The minimum Gasteiger partial charge on any atom is -0.340 e. The van der Waals surface area contributed by atoms with E-state index >= 15 is 0 Å². The summed E-state index contributed by atoms with van der Waals surface area (Å²) in [4.78, 5) is 27.6. The molecule has 120 valence electrons. The van der Waals surface area contributed by atoms with Crippen molar-refractivity contribution in [2.45, 2.75) is 44.4 Å². The van der Waals surface area contributed by atoms with Crippen molar-refractivity contribution in [3.05, 3.63) is 35.5 Å². The van der Waals surface area contributed by atoms with Gasteiger partial charge in [0.2, 0.25) is 5.89 Å². The summed E-state index contributed by atoms with van der Waals surface area (Å²) in [5.74, 6) is 2.61. The first-order valence-electron chi connectivity index (χ1n) is 8.13. The van der Waals surface area contributed by atoms with Crippen LogP contribution in [0.1, 0.15) is 65.5 Å². The third kappa shape index (κ3) is 2.95. The molecule has 7 nitrogen and oxygen atoms in total. The summed E-state index contributed by atoms with van der Waals surface area (Å²) in [5.41, 5.74) is 0.492. The third-order valence-electron chi connectivity index (χ3n) is 4.45. The summed E-state index contributed by atoms with van der Waals surface area (Å²) in [6, 6.07) is 1.70. The maximum atomic E-state index is 12.7. The lowest BCUT2D eigenvalue weighted by Crippen LogP contribution is -2.39. The van der Waals surface area contributed by atoms with Gasteiger partial charge in [-0.25, -0.2) is 9.97 Å². The first-order valence-corrected chi connectivity index (χ1v) is 8.13. The van der Waals surface area contributed by atoms with Crippen LogP contribution in [0.2, 0.25) is 0 Å². The minimum atomic E-state index is -0.0285. The molecule has 0 N–H and O–H groups in total. The van der Waals surface area contributed by atoms with Crippen molar-refractivity contribution in [2.75, 3.05) is 13.1 Å². The molecule has 0 radical (unpaired) electrons. The van der Waals surface area contributed by atoms with Crippen LogP contribution in [-0.2, 0) is 0 Å². The van der Waals surface area contributed by atoms with Gasteiger partial charge >= 0.3 is 0 Å². The van der Waals surface area contributed by atoms with E-state index in [-0.39, 0.29) is 11.8 Å². The van der Waals surface area contributed by atoms with Crippen molar-refractivity contribution in [3.63, 3.8) is 0 Å². The van der Waals surface area contributed by atoms with Gasteiger partial charge in [0.1, 0.15) is 11.5 Å². The second-order valence-corrected chi connectivity index (χ2v) is 6.34. The van der Waals surface area contributed by atoms with E-state index in [9.17, 15) is 4.79 Å². The summed E-state index contributed by atoms with van der Waals surface area (Å²) in [6.07, 6.45) is 5.85. The summed E-state index contributed by atoms with van der Waals surface area (Å²) in [5, 5.41) is 4.00. The van der Waals surface area contributed by atoms with E-state index in [1.807, 2.05) is 4.90 Å². The van der Waals surface area contributed by atoms with Crippen molar-refractivity contribution in [1.29, 1.82) is 0 Å². The third-order valence-corrected chi connectivity index (χ3v) is 4.45. The Morgan fingerprint density at radius 2 is 2.09 bits per heavy atom. The number of likely N-dealkylation sites (tertiary alicyclic amines) is 1. The highest BCUT2D eigenvalue weighted by atomic mass is 16.5. The first kappa shape index (κ1) is 14.3. The standard InChI is InChI=1S/C16H19N5O2/c1-10-18-15(20-23-10)12-3-2-8-21(9-12)16(22)13-6-7-17-14(19-13)11-4-5-11/h6-7,11-12H,2-5,8-9H2,1H3/t12-/m1/s1. The van der Waals surface area contributed by atoms with Gasteiger partial charge in [0.15, 0.2) is 5.82 Å². The van der Waals surface area contributed by atoms with Crippen molar-refractivity contribution < 1.29 is 9.32 Å². The van der Waals surface area contributed by atoms with Gasteiger partial charge < -0.3 is 9.42 Å². The Balaban J connectivity index is 1.50. The summed E-state index contributed by atoms with van der Waals surface area (Å²) in [7, 11) is 0. The molecule has 3 heterocycles. The second kappa shape index (κ2) is 5.72. The van der Waals surface area contributed by atoms with Crippen LogP contribution in [0.5, 0.6) is 0 Å². The van der Waals surface area contributed by atoms with E-state index in [1.165, 1.54) is 0 Å². The molecule has 2 fully saturated rings. The lowest BCUT2D eigenvalue weighted by molar-refractivity contribution is 0.0697. The number of carbonyl (C=O) groups is 1. The van der Waals surface area contributed by atoms with E-state index in [4.69, 9.17) is 4.52 Å². The molecule has 7 heteroatoms. The van der Waals surface area contributed by atoms with Gasteiger partial charge in [-0.15, -0.1) is 0 Å². The molecule has 0 aromatic carbocycles. The minimum absolute atomic E-state index is 0.0285. The summed E-state index contributed by atoms with van der Waals surface area (Å²) < 4.78 is 5.06. The molecular weight excluding hydrogens is 294 g/mol. The van der Waals surface area contributed by atoms with Crippen LogP contribution in [0.25, 0.3) is 0 Å². The van der Waals surface area contributed by atoms with Crippen molar-refractivity contribution in [1.82, 2.24) is 25.0 Å². The lowest BCUT2D eigenvalue weighted by Gasteiger charge is -2.31. The molecule has 2 aromatic rings. The van der Waals surface area contributed by atoms with Crippen LogP contribution in [0.15, 0.2) is 16.8 Å². The molecule has 4 rings (SSSR count). The zero-order valence-corrected chi connectivity index (χ0v) is 13.1. The molecule has 1 saturated heterocycles. The van der Waals surface area contributed by atoms with Gasteiger partial charge in [-0.3, -0.25) is 4.79 Å². The Bertz CT molecular complexity index is 725. The SMILES string of the molecule is Cc1nc([C@@H]2CCCN(C(=O)c3ccnc(C4CC4)n3)C2)no1. The van der Waals surface area contributed by atoms with E-state index in [0.717, 1.165) is 38.1 Å². The maximum Gasteiger partial charge on any atom is 0.272 e. The van der Waals surface area contributed by atoms with E-state index < -0.39 is 0 Å². The smallest absolute Gasteiger partial charge is 0.272 e. The lowest BCUT2D eigenvalue weighted by atomic mass is 9.97. The Hall–Kier alpha value is -2.31. The maximum absolute atomic E-state index is 12.7. The number of aryl methyl sites for hydroxylation is 1. The highest BCUT2D eigenvalue weighted by Gasteiger charge is 2.30. The average Bonchev–Trinajstić information content (AvgIpc) is 3.36. The molecular formula is C16H19N5O2. The van der Waals surface area contributed by atoms with Crippen LogP contribution in [-0.4, -0.2) is 44.0 Å². The number of nitrogens with zero attached hydrogens (tertiary/aromatic N) is 5. The van der Waals surface area contributed by atoms with Crippen LogP contribution < -0.4 is 0 Å². The van der Waals surface area contributed by atoms with Gasteiger partial charge in [0.25, 0.3) is 5.91 Å². The molecule has 2 aliphatic rings. The molecule has 0 bridgehead atoms. The molecule has 0 spiro atoms. The van der Waals surface area contributed by atoms with Crippen molar-refractivity contribution in [3.8, 4) is 0 Å². The number of amides is 1. The zero-order valence-electron chi connectivity index (χ0n) is 13.1.